The molecule has 3 unspecified atom stereocenters. The van der Waals surface area contributed by atoms with Crippen LogP contribution in [0.1, 0.15) is 58.8 Å². The zero-order valence-electron chi connectivity index (χ0n) is 11.3. The van der Waals surface area contributed by atoms with E-state index in [9.17, 15) is 0 Å². The molecule has 1 rings (SSSR count). The highest BCUT2D eigenvalue weighted by molar-refractivity contribution is 4.76. The summed E-state index contributed by atoms with van der Waals surface area (Å²) in [4.78, 5) is 0. The third kappa shape index (κ3) is 5.31. The average Bonchev–Trinajstić information content (AvgIpc) is 2.51. The fraction of sp³-hybridized carbons (Fsp3) is 1.00. The van der Waals surface area contributed by atoms with Gasteiger partial charge < -0.3 is 10.1 Å². The first-order valence-corrected chi connectivity index (χ1v) is 7.01. The molecular weight excluding hydrogens is 198 g/mol. The van der Waals surface area contributed by atoms with Crippen molar-refractivity contribution < 1.29 is 4.74 Å². The standard InChI is InChI=1S/C14H29NO/c1-4-13-6-5-7-14(9-8-13)15-12(2)10-11-16-3/h12-15H,4-11H2,1-3H3. The lowest BCUT2D eigenvalue weighted by Gasteiger charge is -2.22. The van der Waals surface area contributed by atoms with Crippen molar-refractivity contribution in [1.29, 1.82) is 0 Å². The summed E-state index contributed by atoms with van der Waals surface area (Å²) in [5, 5.41) is 3.76. The number of ether oxygens (including phenoxy) is 1. The van der Waals surface area contributed by atoms with Crippen LogP contribution in [0.2, 0.25) is 0 Å². The van der Waals surface area contributed by atoms with Gasteiger partial charge in [0, 0.05) is 25.8 Å². The second-order valence-electron chi connectivity index (χ2n) is 5.33. The highest BCUT2D eigenvalue weighted by atomic mass is 16.5. The van der Waals surface area contributed by atoms with E-state index in [2.05, 4.69) is 19.2 Å². The van der Waals surface area contributed by atoms with Gasteiger partial charge in [0.2, 0.25) is 0 Å². The molecule has 0 aromatic rings. The second kappa shape index (κ2) is 8.08. The number of hydrogen-bond donors (Lipinski definition) is 1. The van der Waals surface area contributed by atoms with Gasteiger partial charge in [-0.15, -0.1) is 0 Å². The van der Waals surface area contributed by atoms with Crippen molar-refractivity contribution in [3.8, 4) is 0 Å². The Morgan fingerprint density at radius 3 is 2.75 bits per heavy atom. The van der Waals surface area contributed by atoms with E-state index in [4.69, 9.17) is 4.74 Å². The molecule has 0 aromatic carbocycles. The zero-order valence-corrected chi connectivity index (χ0v) is 11.3. The Balaban J connectivity index is 2.21. The molecule has 1 fully saturated rings. The number of nitrogens with one attached hydrogen (secondary N) is 1. The first kappa shape index (κ1) is 14.0. The summed E-state index contributed by atoms with van der Waals surface area (Å²) < 4.78 is 5.12. The summed E-state index contributed by atoms with van der Waals surface area (Å²) in [5.74, 6) is 0.987. The maximum Gasteiger partial charge on any atom is 0.0476 e. The Morgan fingerprint density at radius 1 is 1.25 bits per heavy atom. The van der Waals surface area contributed by atoms with Crippen LogP contribution < -0.4 is 5.32 Å². The smallest absolute Gasteiger partial charge is 0.0476 e. The fourth-order valence-corrected chi connectivity index (χ4v) is 2.73. The van der Waals surface area contributed by atoms with Gasteiger partial charge in [-0.2, -0.15) is 0 Å². The first-order chi connectivity index (χ1) is 7.76. The van der Waals surface area contributed by atoms with Crippen LogP contribution in [-0.2, 0) is 4.74 Å². The van der Waals surface area contributed by atoms with Gasteiger partial charge in [-0.05, 0) is 38.5 Å². The average molecular weight is 227 g/mol. The van der Waals surface area contributed by atoms with Crippen molar-refractivity contribution in [2.45, 2.75) is 70.9 Å². The van der Waals surface area contributed by atoms with E-state index in [1.54, 1.807) is 7.11 Å². The minimum absolute atomic E-state index is 0.600. The van der Waals surface area contributed by atoms with Crippen molar-refractivity contribution in [3.63, 3.8) is 0 Å². The lowest BCUT2D eigenvalue weighted by molar-refractivity contribution is 0.181. The molecule has 96 valence electrons. The van der Waals surface area contributed by atoms with Gasteiger partial charge in [0.25, 0.3) is 0 Å². The van der Waals surface area contributed by atoms with Crippen LogP contribution in [0.3, 0.4) is 0 Å². The summed E-state index contributed by atoms with van der Waals surface area (Å²) in [6, 6.07) is 1.35. The molecule has 1 aliphatic rings. The topological polar surface area (TPSA) is 21.3 Å². The van der Waals surface area contributed by atoms with Crippen molar-refractivity contribution in [2.75, 3.05) is 13.7 Å². The Bertz CT molecular complexity index is 172. The molecule has 1 aliphatic carbocycles. The fourth-order valence-electron chi connectivity index (χ4n) is 2.73. The quantitative estimate of drug-likeness (QED) is 0.703. The van der Waals surface area contributed by atoms with Crippen LogP contribution in [0, 0.1) is 5.92 Å². The lowest BCUT2D eigenvalue weighted by atomic mass is 9.97. The van der Waals surface area contributed by atoms with Crippen LogP contribution in [0.5, 0.6) is 0 Å². The van der Waals surface area contributed by atoms with Gasteiger partial charge in [0.05, 0.1) is 0 Å². The van der Waals surface area contributed by atoms with E-state index in [1.807, 2.05) is 0 Å². The van der Waals surface area contributed by atoms with E-state index in [-0.39, 0.29) is 0 Å². The van der Waals surface area contributed by atoms with Gasteiger partial charge in [-0.25, -0.2) is 0 Å². The van der Waals surface area contributed by atoms with E-state index < -0.39 is 0 Å². The summed E-state index contributed by atoms with van der Waals surface area (Å²) in [5.41, 5.74) is 0. The monoisotopic (exact) mass is 227 g/mol. The van der Waals surface area contributed by atoms with Crippen molar-refractivity contribution in [3.05, 3.63) is 0 Å². The predicted molar refractivity (Wildman–Crippen MR) is 69.7 cm³/mol. The largest absolute Gasteiger partial charge is 0.385 e. The van der Waals surface area contributed by atoms with Gasteiger partial charge in [0.15, 0.2) is 0 Å². The van der Waals surface area contributed by atoms with Crippen LogP contribution >= 0.6 is 0 Å². The number of methoxy groups -OCH3 is 1. The molecule has 1 N–H and O–H groups in total. The molecule has 2 heteroatoms. The van der Waals surface area contributed by atoms with Gasteiger partial charge in [-0.1, -0.05) is 26.2 Å². The normalized spacial score (nSPS) is 28.7. The molecule has 0 aliphatic heterocycles. The molecule has 0 heterocycles. The summed E-state index contributed by atoms with van der Waals surface area (Å²) in [6.07, 6.45) is 9.51. The number of hydrogen-bond acceptors (Lipinski definition) is 2. The zero-order chi connectivity index (χ0) is 11.8. The maximum atomic E-state index is 5.12. The van der Waals surface area contributed by atoms with Crippen LogP contribution in [0.15, 0.2) is 0 Å². The Kier molecular flexibility index (Phi) is 7.06. The summed E-state index contributed by atoms with van der Waals surface area (Å²) in [6.45, 7) is 5.49. The molecule has 0 bridgehead atoms. The van der Waals surface area contributed by atoms with Gasteiger partial charge in [0.1, 0.15) is 0 Å². The lowest BCUT2D eigenvalue weighted by Crippen LogP contribution is -2.36. The highest BCUT2D eigenvalue weighted by Crippen LogP contribution is 2.25. The van der Waals surface area contributed by atoms with E-state index in [1.165, 1.54) is 38.5 Å². The molecule has 0 spiro atoms. The molecular formula is C14H29NO. The maximum absolute atomic E-state index is 5.12. The van der Waals surface area contributed by atoms with Crippen molar-refractivity contribution in [1.82, 2.24) is 5.32 Å². The molecule has 3 atom stereocenters. The first-order valence-electron chi connectivity index (χ1n) is 7.01. The van der Waals surface area contributed by atoms with Crippen LogP contribution in [0.4, 0.5) is 0 Å². The van der Waals surface area contributed by atoms with Gasteiger partial charge in [-0.3, -0.25) is 0 Å². The van der Waals surface area contributed by atoms with E-state index in [0.29, 0.717) is 6.04 Å². The summed E-state index contributed by atoms with van der Waals surface area (Å²) in [7, 11) is 1.78. The summed E-state index contributed by atoms with van der Waals surface area (Å²) >= 11 is 0. The third-order valence-electron chi connectivity index (χ3n) is 3.94. The predicted octanol–water partition coefficient (Wildman–Crippen LogP) is 3.36. The Labute approximate surface area is 101 Å². The molecule has 0 amide bonds. The van der Waals surface area contributed by atoms with Crippen LogP contribution in [-0.4, -0.2) is 25.8 Å². The van der Waals surface area contributed by atoms with Crippen LogP contribution in [0.25, 0.3) is 0 Å². The highest BCUT2D eigenvalue weighted by Gasteiger charge is 2.18. The minimum atomic E-state index is 0.600. The molecule has 2 nitrogen and oxygen atoms in total. The Hall–Kier alpha value is -0.0800. The molecule has 1 saturated carbocycles. The molecule has 0 saturated heterocycles. The van der Waals surface area contributed by atoms with E-state index >= 15 is 0 Å². The minimum Gasteiger partial charge on any atom is -0.385 e. The third-order valence-corrected chi connectivity index (χ3v) is 3.94. The van der Waals surface area contributed by atoms with Crippen molar-refractivity contribution >= 4 is 0 Å². The Morgan fingerprint density at radius 2 is 2.06 bits per heavy atom. The molecule has 0 aromatic heterocycles. The second-order valence-corrected chi connectivity index (χ2v) is 5.33. The molecule has 0 radical (unpaired) electrons. The molecule has 16 heavy (non-hydrogen) atoms. The number of rotatable bonds is 6. The van der Waals surface area contributed by atoms with Gasteiger partial charge >= 0.3 is 0 Å². The SMILES string of the molecule is CCC1CCCC(NC(C)CCOC)CC1. The van der Waals surface area contributed by atoms with E-state index in [0.717, 1.165) is 25.0 Å². The van der Waals surface area contributed by atoms with Crippen molar-refractivity contribution in [2.24, 2.45) is 5.92 Å².